The second-order valence-electron chi connectivity index (χ2n) is 6.49. The van der Waals surface area contributed by atoms with Gasteiger partial charge in [-0.15, -0.1) is 0 Å². The van der Waals surface area contributed by atoms with E-state index in [1.54, 1.807) is 32.4 Å². The van der Waals surface area contributed by atoms with Gasteiger partial charge < -0.3 is 14.2 Å². The summed E-state index contributed by atoms with van der Waals surface area (Å²) in [4.78, 5) is 12.4. The van der Waals surface area contributed by atoms with E-state index in [1.807, 2.05) is 36.4 Å². The first kappa shape index (κ1) is 24.8. The first-order valence-corrected chi connectivity index (χ1v) is 12.3. The van der Waals surface area contributed by atoms with Crippen molar-refractivity contribution in [3.8, 4) is 17.2 Å². The van der Waals surface area contributed by atoms with Crippen LogP contribution in [-0.4, -0.2) is 26.3 Å². The molecule has 3 aromatic rings. The number of benzene rings is 3. The molecular weight excluding hydrogens is 702 g/mol. The molecule has 3 aromatic carbocycles. The molecule has 0 saturated carbocycles. The Morgan fingerprint density at radius 3 is 2.41 bits per heavy atom. The van der Waals surface area contributed by atoms with Crippen molar-refractivity contribution in [1.29, 1.82) is 0 Å². The van der Waals surface area contributed by atoms with Crippen molar-refractivity contribution >= 4 is 73.2 Å². The summed E-state index contributed by atoms with van der Waals surface area (Å²) in [5.41, 5.74) is 4.77. The number of carbonyl (C=O) groups excluding carboxylic acids is 1. The average Bonchev–Trinajstić information content (AvgIpc) is 2.80. The molecule has 0 aliphatic carbocycles. The zero-order valence-corrected chi connectivity index (χ0v) is 23.1. The fourth-order valence-electron chi connectivity index (χ4n) is 2.69. The number of hydrazone groups is 1. The van der Waals surface area contributed by atoms with Gasteiger partial charge in [-0.25, -0.2) is 5.43 Å². The van der Waals surface area contributed by atoms with Crippen LogP contribution in [0.15, 0.2) is 64.2 Å². The van der Waals surface area contributed by atoms with Gasteiger partial charge >= 0.3 is 0 Å². The van der Waals surface area contributed by atoms with Crippen molar-refractivity contribution in [1.82, 2.24) is 5.43 Å². The monoisotopic (exact) mass is 720 g/mol. The zero-order valence-electron chi connectivity index (χ0n) is 17.2. The lowest BCUT2D eigenvalue weighted by molar-refractivity contribution is 0.0954. The topological polar surface area (TPSA) is 69.2 Å². The lowest BCUT2D eigenvalue weighted by Crippen LogP contribution is -2.17. The van der Waals surface area contributed by atoms with E-state index in [-0.39, 0.29) is 5.91 Å². The van der Waals surface area contributed by atoms with Gasteiger partial charge in [-0.1, -0.05) is 12.1 Å². The molecule has 0 heterocycles. The van der Waals surface area contributed by atoms with E-state index in [1.165, 1.54) is 9.78 Å². The fourth-order valence-corrected chi connectivity index (χ4v) is 4.03. The highest BCUT2D eigenvalue weighted by molar-refractivity contribution is 14.1. The van der Waals surface area contributed by atoms with Crippen molar-refractivity contribution in [2.75, 3.05) is 14.2 Å². The van der Waals surface area contributed by atoms with Crippen LogP contribution in [0.25, 0.3) is 0 Å². The summed E-state index contributed by atoms with van der Waals surface area (Å²) < 4.78 is 19.5. The number of amides is 1. The average molecular weight is 721 g/mol. The third-order valence-corrected chi connectivity index (χ3v) is 6.67. The molecule has 0 radical (unpaired) electrons. The van der Waals surface area contributed by atoms with Crippen LogP contribution in [0.3, 0.4) is 0 Å². The van der Waals surface area contributed by atoms with E-state index in [2.05, 4.69) is 71.6 Å². The number of hydrogen-bond acceptors (Lipinski definition) is 5. The molecule has 0 aromatic heterocycles. The second-order valence-corrected chi connectivity index (χ2v) is 9.75. The van der Waals surface area contributed by atoms with E-state index < -0.39 is 0 Å². The van der Waals surface area contributed by atoms with Gasteiger partial charge in [-0.05, 0) is 109 Å². The number of hydrogen-bond donors (Lipinski definition) is 1. The summed E-state index contributed by atoms with van der Waals surface area (Å²) in [6, 6.07) is 16.9. The molecular formula is C23H19BrI2N2O4. The predicted molar refractivity (Wildman–Crippen MR) is 145 cm³/mol. The number of methoxy groups -OCH3 is 2. The molecule has 6 nitrogen and oxygen atoms in total. The van der Waals surface area contributed by atoms with Crippen LogP contribution in [0.4, 0.5) is 0 Å². The van der Waals surface area contributed by atoms with Gasteiger partial charge in [-0.2, -0.15) is 5.10 Å². The third-order valence-electron chi connectivity index (χ3n) is 4.37. The summed E-state index contributed by atoms with van der Waals surface area (Å²) in [5.74, 6) is 1.46. The SMILES string of the molecule is COc1cc(C(=O)N/N=C\c2cc(OC)c(OCc3ccc(I)cc3)cc2Br)ccc1I. The summed E-state index contributed by atoms with van der Waals surface area (Å²) in [6.07, 6.45) is 1.54. The van der Waals surface area contributed by atoms with E-state index >= 15 is 0 Å². The molecule has 0 aliphatic heterocycles. The maximum absolute atomic E-state index is 12.4. The van der Waals surface area contributed by atoms with E-state index in [4.69, 9.17) is 14.2 Å². The fraction of sp³-hybridized carbons (Fsp3) is 0.130. The summed E-state index contributed by atoms with van der Waals surface area (Å²) in [5, 5.41) is 4.07. The van der Waals surface area contributed by atoms with Gasteiger partial charge in [0.15, 0.2) is 11.5 Å². The summed E-state index contributed by atoms with van der Waals surface area (Å²) >= 11 is 7.94. The molecule has 166 valence electrons. The van der Waals surface area contributed by atoms with E-state index in [9.17, 15) is 4.79 Å². The first-order valence-electron chi connectivity index (χ1n) is 9.33. The molecule has 0 fully saturated rings. The van der Waals surface area contributed by atoms with Crippen LogP contribution in [0.1, 0.15) is 21.5 Å². The highest BCUT2D eigenvalue weighted by Gasteiger charge is 2.11. The molecule has 0 bridgehead atoms. The Kier molecular flexibility index (Phi) is 9.17. The number of rotatable bonds is 8. The molecule has 1 amide bonds. The number of nitrogens with zero attached hydrogens (tertiary/aromatic N) is 1. The maximum atomic E-state index is 12.4. The standard InChI is InChI=1S/C23H19BrI2N2O4/c1-30-20-9-15(5-8-19(20)26)23(29)28-27-12-16-10-21(31-2)22(11-18(16)24)32-13-14-3-6-17(25)7-4-14/h3-12H,13H2,1-2H3,(H,28,29)/b27-12-. The van der Waals surface area contributed by atoms with Crippen LogP contribution >= 0.6 is 61.1 Å². The minimum Gasteiger partial charge on any atom is -0.496 e. The lowest BCUT2D eigenvalue weighted by Gasteiger charge is -2.13. The molecule has 3 rings (SSSR count). The summed E-state index contributed by atoms with van der Waals surface area (Å²) in [7, 11) is 3.14. The maximum Gasteiger partial charge on any atom is 0.271 e. The Morgan fingerprint density at radius 2 is 1.72 bits per heavy atom. The number of carbonyl (C=O) groups is 1. The van der Waals surface area contributed by atoms with Gasteiger partial charge in [0.1, 0.15) is 12.4 Å². The molecule has 0 aliphatic rings. The Bertz CT molecular complexity index is 1140. The molecule has 32 heavy (non-hydrogen) atoms. The minimum absolute atomic E-state index is 0.337. The smallest absolute Gasteiger partial charge is 0.271 e. The van der Waals surface area contributed by atoms with Crippen molar-refractivity contribution < 1.29 is 19.0 Å². The molecule has 0 spiro atoms. The van der Waals surface area contributed by atoms with Gasteiger partial charge in [0.2, 0.25) is 0 Å². The van der Waals surface area contributed by atoms with Crippen molar-refractivity contribution in [3.05, 3.63) is 82.9 Å². The highest BCUT2D eigenvalue weighted by Crippen LogP contribution is 2.33. The Labute approximate surface area is 222 Å². The van der Waals surface area contributed by atoms with E-state index in [0.29, 0.717) is 29.4 Å². The quantitative estimate of drug-likeness (QED) is 0.176. The van der Waals surface area contributed by atoms with Gasteiger partial charge in [0, 0.05) is 19.2 Å². The molecule has 9 heteroatoms. The Hall–Kier alpha value is -1.86. The van der Waals surface area contributed by atoms with Crippen LogP contribution in [0, 0.1) is 7.14 Å². The zero-order chi connectivity index (χ0) is 23.1. The number of ether oxygens (including phenoxy) is 3. The van der Waals surface area contributed by atoms with Gasteiger partial charge in [0.05, 0.1) is 24.0 Å². The normalized spacial score (nSPS) is 10.8. The lowest BCUT2D eigenvalue weighted by atomic mass is 10.2. The van der Waals surface area contributed by atoms with E-state index in [0.717, 1.165) is 19.2 Å². The van der Waals surface area contributed by atoms with Crippen molar-refractivity contribution in [2.24, 2.45) is 5.10 Å². The largest absolute Gasteiger partial charge is 0.496 e. The van der Waals surface area contributed by atoms with Crippen LogP contribution in [-0.2, 0) is 6.61 Å². The molecule has 0 unspecified atom stereocenters. The number of nitrogens with one attached hydrogen (secondary N) is 1. The van der Waals surface area contributed by atoms with Crippen LogP contribution < -0.4 is 19.6 Å². The first-order chi connectivity index (χ1) is 15.4. The highest BCUT2D eigenvalue weighted by atomic mass is 127. The Morgan fingerprint density at radius 1 is 1.00 bits per heavy atom. The minimum atomic E-state index is -0.337. The van der Waals surface area contributed by atoms with Gasteiger partial charge in [0.25, 0.3) is 5.91 Å². The van der Waals surface area contributed by atoms with Crippen LogP contribution in [0.2, 0.25) is 0 Å². The van der Waals surface area contributed by atoms with Crippen molar-refractivity contribution in [3.63, 3.8) is 0 Å². The molecule has 0 atom stereocenters. The van der Waals surface area contributed by atoms with Crippen molar-refractivity contribution in [2.45, 2.75) is 6.61 Å². The molecule has 1 N–H and O–H groups in total. The third kappa shape index (κ3) is 6.58. The summed E-state index contributed by atoms with van der Waals surface area (Å²) in [6.45, 7) is 0.419. The second kappa shape index (κ2) is 11.8. The van der Waals surface area contributed by atoms with Crippen LogP contribution in [0.5, 0.6) is 17.2 Å². The number of halogens is 3. The molecule has 0 saturated heterocycles. The van der Waals surface area contributed by atoms with Gasteiger partial charge in [-0.3, -0.25) is 4.79 Å². The predicted octanol–water partition coefficient (Wildman–Crippen LogP) is 6.02. The Balaban J connectivity index is 1.69.